The molecule has 2 aromatic rings. The average Bonchev–Trinajstić information content (AvgIpc) is 2.63. The molecule has 1 N–H and O–H groups in total. The van der Waals surface area contributed by atoms with Gasteiger partial charge in [0, 0.05) is 18.9 Å². The Balaban J connectivity index is 2.26. The van der Waals surface area contributed by atoms with E-state index in [0.29, 0.717) is 16.9 Å². The molecule has 0 atom stereocenters. The zero-order chi connectivity index (χ0) is 13.3. The molecule has 1 aromatic heterocycles. The molecule has 94 valence electrons. The highest BCUT2D eigenvalue weighted by molar-refractivity contribution is 6.05. The summed E-state index contributed by atoms with van der Waals surface area (Å²) < 4.78 is 14.7. The van der Waals surface area contributed by atoms with E-state index in [1.54, 1.807) is 30.9 Å². The third kappa shape index (κ3) is 2.40. The number of anilines is 1. The molecule has 4 nitrogen and oxygen atoms in total. The second-order valence-corrected chi connectivity index (χ2v) is 4.22. The Morgan fingerprint density at radius 2 is 2.11 bits per heavy atom. The van der Waals surface area contributed by atoms with Gasteiger partial charge < -0.3 is 5.32 Å². The van der Waals surface area contributed by atoms with Crippen molar-refractivity contribution < 1.29 is 9.18 Å². The second kappa shape index (κ2) is 4.60. The molecule has 0 aliphatic carbocycles. The van der Waals surface area contributed by atoms with Crippen molar-refractivity contribution in [2.45, 2.75) is 13.8 Å². The minimum atomic E-state index is -0.376. The summed E-state index contributed by atoms with van der Waals surface area (Å²) in [5.74, 6) is -0.659. The molecule has 0 aliphatic heterocycles. The monoisotopic (exact) mass is 247 g/mol. The maximum absolute atomic E-state index is 13.1. The Kier molecular flexibility index (Phi) is 3.14. The van der Waals surface area contributed by atoms with E-state index in [1.165, 1.54) is 12.1 Å². The van der Waals surface area contributed by atoms with Crippen LogP contribution in [-0.2, 0) is 7.05 Å². The highest BCUT2D eigenvalue weighted by Crippen LogP contribution is 2.17. The van der Waals surface area contributed by atoms with Gasteiger partial charge >= 0.3 is 0 Å². The number of aryl methyl sites for hydroxylation is 3. The summed E-state index contributed by atoms with van der Waals surface area (Å²) >= 11 is 0. The fourth-order valence-corrected chi connectivity index (χ4v) is 1.74. The molecular weight excluding hydrogens is 233 g/mol. The molecule has 0 fully saturated rings. The summed E-state index contributed by atoms with van der Waals surface area (Å²) in [5, 5.41) is 6.78. The number of nitrogens with zero attached hydrogens (tertiary/aromatic N) is 2. The number of carbonyl (C=O) groups excluding carboxylic acids is 1. The predicted molar refractivity (Wildman–Crippen MR) is 67.0 cm³/mol. The lowest BCUT2D eigenvalue weighted by atomic mass is 10.2. The average molecular weight is 247 g/mol. The van der Waals surface area contributed by atoms with Gasteiger partial charge in [0.05, 0.1) is 11.3 Å². The molecule has 0 unspecified atom stereocenters. The van der Waals surface area contributed by atoms with E-state index in [-0.39, 0.29) is 11.7 Å². The molecule has 1 heterocycles. The van der Waals surface area contributed by atoms with E-state index in [9.17, 15) is 9.18 Å². The summed E-state index contributed by atoms with van der Waals surface area (Å²) in [6.45, 7) is 3.57. The molecular formula is C13H14FN3O. The number of carbonyl (C=O) groups is 1. The lowest BCUT2D eigenvalue weighted by molar-refractivity contribution is 0.102. The smallest absolute Gasteiger partial charge is 0.259 e. The van der Waals surface area contributed by atoms with Gasteiger partial charge in [0.15, 0.2) is 0 Å². The normalized spacial score (nSPS) is 10.4. The van der Waals surface area contributed by atoms with E-state index >= 15 is 0 Å². The predicted octanol–water partition coefficient (Wildman–Crippen LogP) is 2.43. The Labute approximate surface area is 104 Å². The molecule has 2 rings (SSSR count). The van der Waals surface area contributed by atoms with Crippen molar-refractivity contribution in [2.24, 2.45) is 7.05 Å². The summed E-state index contributed by atoms with van der Waals surface area (Å²) in [6, 6.07) is 4.29. The van der Waals surface area contributed by atoms with Crippen LogP contribution in [0.4, 0.5) is 10.1 Å². The lowest BCUT2D eigenvalue weighted by Gasteiger charge is -2.07. The third-order valence-corrected chi connectivity index (χ3v) is 2.71. The van der Waals surface area contributed by atoms with Crippen LogP contribution in [0.15, 0.2) is 24.4 Å². The van der Waals surface area contributed by atoms with Gasteiger partial charge in [-0.3, -0.25) is 9.48 Å². The lowest BCUT2D eigenvalue weighted by Crippen LogP contribution is -2.13. The van der Waals surface area contributed by atoms with Crippen molar-refractivity contribution in [1.82, 2.24) is 9.78 Å². The second-order valence-electron chi connectivity index (χ2n) is 4.22. The highest BCUT2D eigenvalue weighted by atomic mass is 19.1. The number of nitrogens with one attached hydrogen (secondary N) is 1. The largest absolute Gasteiger partial charge is 0.322 e. The molecule has 0 spiro atoms. The van der Waals surface area contributed by atoms with Crippen molar-refractivity contribution in [3.63, 3.8) is 0 Å². The van der Waals surface area contributed by atoms with E-state index in [0.717, 1.165) is 5.56 Å². The minimum absolute atomic E-state index is 0.283. The van der Waals surface area contributed by atoms with Crippen LogP contribution in [0.5, 0.6) is 0 Å². The number of halogens is 1. The van der Waals surface area contributed by atoms with Gasteiger partial charge in [-0.15, -0.1) is 0 Å². The molecule has 1 aromatic carbocycles. The highest BCUT2D eigenvalue weighted by Gasteiger charge is 2.13. The molecule has 0 saturated carbocycles. The molecule has 5 heteroatoms. The van der Waals surface area contributed by atoms with Crippen LogP contribution in [0.25, 0.3) is 0 Å². The molecule has 0 saturated heterocycles. The van der Waals surface area contributed by atoms with E-state index < -0.39 is 0 Å². The Bertz CT molecular complexity index is 604. The summed E-state index contributed by atoms with van der Waals surface area (Å²) in [5.41, 5.74) is 2.42. The number of amides is 1. The third-order valence-electron chi connectivity index (χ3n) is 2.71. The molecule has 0 radical (unpaired) electrons. The number of benzene rings is 1. The van der Waals surface area contributed by atoms with Gasteiger partial charge in [-0.25, -0.2) is 4.39 Å². The molecule has 18 heavy (non-hydrogen) atoms. The first-order chi connectivity index (χ1) is 8.47. The maximum atomic E-state index is 13.1. The van der Waals surface area contributed by atoms with Crippen molar-refractivity contribution in [3.8, 4) is 0 Å². The summed E-state index contributed by atoms with van der Waals surface area (Å²) in [4.78, 5) is 12.0. The maximum Gasteiger partial charge on any atom is 0.259 e. The van der Waals surface area contributed by atoms with Crippen LogP contribution in [0.2, 0.25) is 0 Å². The van der Waals surface area contributed by atoms with Gasteiger partial charge in [-0.2, -0.15) is 5.10 Å². The van der Waals surface area contributed by atoms with Gasteiger partial charge in [0.1, 0.15) is 5.82 Å². The Hall–Kier alpha value is -2.17. The van der Waals surface area contributed by atoms with Crippen LogP contribution < -0.4 is 5.32 Å². The Morgan fingerprint density at radius 1 is 1.39 bits per heavy atom. The fraction of sp³-hybridized carbons (Fsp3) is 0.231. The van der Waals surface area contributed by atoms with Crippen molar-refractivity contribution in [3.05, 3.63) is 47.0 Å². The number of rotatable bonds is 2. The van der Waals surface area contributed by atoms with Gasteiger partial charge in [-0.05, 0) is 31.5 Å². The van der Waals surface area contributed by atoms with Crippen molar-refractivity contribution in [1.29, 1.82) is 0 Å². The zero-order valence-electron chi connectivity index (χ0n) is 10.5. The molecule has 1 amide bonds. The topological polar surface area (TPSA) is 46.9 Å². The van der Waals surface area contributed by atoms with Crippen molar-refractivity contribution in [2.75, 3.05) is 5.32 Å². The quantitative estimate of drug-likeness (QED) is 0.886. The van der Waals surface area contributed by atoms with Gasteiger partial charge in [0.2, 0.25) is 0 Å². The summed E-state index contributed by atoms with van der Waals surface area (Å²) in [7, 11) is 1.75. The first-order valence-corrected chi connectivity index (χ1v) is 5.55. The SMILES string of the molecule is Cc1ccc(F)cc1NC(=O)c1cn(C)nc1C. The minimum Gasteiger partial charge on any atom is -0.322 e. The molecule has 0 bridgehead atoms. The number of hydrogen-bond donors (Lipinski definition) is 1. The number of aromatic nitrogens is 2. The van der Waals surface area contributed by atoms with Crippen LogP contribution in [-0.4, -0.2) is 15.7 Å². The van der Waals surface area contributed by atoms with E-state index in [2.05, 4.69) is 10.4 Å². The van der Waals surface area contributed by atoms with Gasteiger partial charge in [-0.1, -0.05) is 6.07 Å². The molecule has 0 aliphatic rings. The first kappa shape index (κ1) is 12.3. The number of hydrogen-bond acceptors (Lipinski definition) is 2. The fourth-order valence-electron chi connectivity index (χ4n) is 1.74. The first-order valence-electron chi connectivity index (χ1n) is 5.55. The van der Waals surface area contributed by atoms with E-state index in [4.69, 9.17) is 0 Å². The summed E-state index contributed by atoms with van der Waals surface area (Å²) in [6.07, 6.45) is 1.64. The van der Waals surface area contributed by atoms with Crippen LogP contribution in [0.1, 0.15) is 21.6 Å². The Morgan fingerprint density at radius 3 is 2.72 bits per heavy atom. The standard InChI is InChI=1S/C13H14FN3O/c1-8-4-5-10(14)6-12(8)15-13(18)11-7-17(3)16-9(11)2/h4-7H,1-3H3,(H,15,18). The van der Waals surface area contributed by atoms with Gasteiger partial charge in [0.25, 0.3) is 5.91 Å². The van der Waals surface area contributed by atoms with Crippen LogP contribution in [0, 0.1) is 19.7 Å². The zero-order valence-corrected chi connectivity index (χ0v) is 10.5. The van der Waals surface area contributed by atoms with Crippen LogP contribution >= 0.6 is 0 Å². The van der Waals surface area contributed by atoms with E-state index in [1.807, 2.05) is 6.92 Å². The van der Waals surface area contributed by atoms with Crippen LogP contribution in [0.3, 0.4) is 0 Å². The van der Waals surface area contributed by atoms with Crippen molar-refractivity contribution >= 4 is 11.6 Å².